The van der Waals surface area contributed by atoms with Crippen LogP contribution >= 0.6 is 0 Å². The van der Waals surface area contributed by atoms with Crippen molar-refractivity contribution in [1.82, 2.24) is 0 Å². The molecule has 8 heteroatoms. The Balaban J connectivity index is 1.69. The summed E-state index contributed by atoms with van der Waals surface area (Å²) in [5, 5.41) is 0. The van der Waals surface area contributed by atoms with Crippen molar-refractivity contribution in [3.05, 3.63) is 47.5 Å². The molecule has 0 aliphatic carbocycles. The van der Waals surface area contributed by atoms with Crippen molar-refractivity contribution < 1.29 is 33.3 Å². The molecule has 1 heterocycles. The summed E-state index contributed by atoms with van der Waals surface area (Å²) in [7, 11) is 4.27. The number of nitrogens with zero attached hydrogens (tertiary/aromatic N) is 1. The van der Waals surface area contributed by atoms with E-state index in [4.69, 9.17) is 18.9 Å². The van der Waals surface area contributed by atoms with Crippen molar-refractivity contribution in [2.45, 2.75) is 26.7 Å². The monoisotopic (exact) mass is 441 g/mol. The Morgan fingerprint density at radius 3 is 1.88 bits per heavy atom. The summed E-state index contributed by atoms with van der Waals surface area (Å²) in [5.74, 6) is 0.0272. The van der Waals surface area contributed by atoms with E-state index in [-0.39, 0.29) is 17.1 Å². The van der Waals surface area contributed by atoms with E-state index in [0.29, 0.717) is 42.4 Å². The van der Waals surface area contributed by atoms with Crippen molar-refractivity contribution in [1.29, 1.82) is 0 Å². The Hall–Kier alpha value is -3.55. The van der Waals surface area contributed by atoms with Gasteiger partial charge in [0.1, 0.15) is 17.2 Å². The first-order valence-corrected chi connectivity index (χ1v) is 10.2. The minimum atomic E-state index is -0.574. The third kappa shape index (κ3) is 4.26. The number of rotatable bonds is 9. The Kier molecular flexibility index (Phi) is 6.72. The molecule has 0 bridgehead atoms. The number of benzene rings is 2. The average molecular weight is 441 g/mol. The van der Waals surface area contributed by atoms with Gasteiger partial charge in [0, 0.05) is 0 Å². The Morgan fingerprint density at radius 2 is 1.41 bits per heavy atom. The molecular weight excluding hydrogens is 414 g/mol. The van der Waals surface area contributed by atoms with Gasteiger partial charge in [-0.15, -0.1) is 0 Å². The van der Waals surface area contributed by atoms with E-state index in [1.807, 2.05) is 13.8 Å². The average Bonchev–Trinajstić information content (AvgIpc) is 3.06. The summed E-state index contributed by atoms with van der Waals surface area (Å²) in [4.78, 5) is 38.9. The van der Waals surface area contributed by atoms with Crippen LogP contribution < -0.4 is 19.1 Å². The summed E-state index contributed by atoms with van der Waals surface area (Å²) < 4.78 is 21.1. The molecule has 8 nitrogen and oxygen atoms in total. The second-order valence-corrected chi connectivity index (χ2v) is 7.99. The lowest BCUT2D eigenvalue weighted by molar-refractivity contribution is -0.151. The van der Waals surface area contributed by atoms with E-state index >= 15 is 0 Å². The van der Waals surface area contributed by atoms with Gasteiger partial charge in [0.05, 0.1) is 50.2 Å². The number of hydrogen-bond acceptors (Lipinski definition) is 7. The number of carbonyl (C=O) groups excluding carboxylic acids is 3. The van der Waals surface area contributed by atoms with Gasteiger partial charge in [-0.25, -0.2) is 4.90 Å². The highest BCUT2D eigenvalue weighted by molar-refractivity contribution is 6.36. The lowest BCUT2D eigenvalue weighted by Crippen LogP contribution is -2.29. The van der Waals surface area contributed by atoms with E-state index in [1.165, 1.54) is 21.3 Å². The van der Waals surface area contributed by atoms with E-state index in [9.17, 15) is 14.4 Å². The first kappa shape index (κ1) is 23.1. The number of anilines is 1. The maximum Gasteiger partial charge on any atom is 0.311 e. The standard InChI is InChI=1S/C24H27NO7/c1-24(2,23(28)31-5)13-6-14-32-16-9-7-15(8-10-16)25-21(26)19-17(29-3)11-12-18(30-4)20(19)22(25)27/h7-12H,6,13-14H2,1-5H3. The normalized spacial score (nSPS) is 13.1. The topological polar surface area (TPSA) is 91.4 Å². The molecule has 0 atom stereocenters. The van der Waals surface area contributed by atoms with Crippen molar-refractivity contribution in [2.24, 2.45) is 5.41 Å². The van der Waals surface area contributed by atoms with Gasteiger partial charge in [-0.2, -0.15) is 0 Å². The fourth-order valence-corrected chi connectivity index (χ4v) is 3.65. The molecular formula is C24H27NO7. The van der Waals surface area contributed by atoms with Gasteiger partial charge in [0.15, 0.2) is 0 Å². The highest BCUT2D eigenvalue weighted by Crippen LogP contribution is 2.39. The highest BCUT2D eigenvalue weighted by atomic mass is 16.5. The zero-order chi connectivity index (χ0) is 23.5. The number of esters is 1. The number of hydrogen-bond donors (Lipinski definition) is 0. The third-order valence-corrected chi connectivity index (χ3v) is 5.45. The molecule has 0 spiro atoms. The van der Waals surface area contributed by atoms with Gasteiger partial charge in [-0.1, -0.05) is 0 Å². The number of ether oxygens (including phenoxy) is 4. The van der Waals surface area contributed by atoms with Crippen LogP contribution in [0.25, 0.3) is 0 Å². The van der Waals surface area contributed by atoms with Crippen molar-refractivity contribution in [2.75, 3.05) is 32.8 Å². The molecule has 2 aromatic carbocycles. The fourth-order valence-electron chi connectivity index (χ4n) is 3.65. The number of carbonyl (C=O) groups is 3. The van der Waals surface area contributed by atoms with Gasteiger partial charge in [0.25, 0.3) is 11.8 Å². The summed E-state index contributed by atoms with van der Waals surface area (Å²) in [5.41, 5.74) is 0.213. The summed E-state index contributed by atoms with van der Waals surface area (Å²) >= 11 is 0. The van der Waals surface area contributed by atoms with Crippen LogP contribution in [0, 0.1) is 5.41 Å². The number of imide groups is 1. The molecule has 170 valence electrons. The van der Waals surface area contributed by atoms with E-state index in [0.717, 1.165) is 4.90 Å². The number of amides is 2. The second kappa shape index (κ2) is 9.30. The maximum atomic E-state index is 13.0. The lowest BCUT2D eigenvalue weighted by atomic mass is 9.88. The Morgan fingerprint density at radius 1 is 0.875 bits per heavy atom. The van der Waals surface area contributed by atoms with Crippen LogP contribution in [-0.4, -0.2) is 45.7 Å². The van der Waals surface area contributed by atoms with Crippen LogP contribution in [0.3, 0.4) is 0 Å². The van der Waals surface area contributed by atoms with E-state index < -0.39 is 17.2 Å². The van der Waals surface area contributed by atoms with Crippen LogP contribution in [0.4, 0.5) is 5.69 Å². The molecule has 0 N–H and O–H groups in total. The molecule has 1 aliphatic heterocycles. The summed E-state index contributed by atoms with van der Waals surface area (Å²) in [6, 6.07) is 9.88. The third-order valence-electron chi connectivity index (χ3n) is 5.45. The zero-order valence-electron chi connectivity index (χ0n) is 18.9. The fraction of sp³-hybridized carbons (Fsp3) is 0.375. The number of methoxy groups -OCH3 is 3. The van der Waals surface area contributed by atoms with Gasteiger partial charge >= 0.3 is 5.97 Å². The molecule has 1 aliphatic rings. The van der Waals surface area contributed by atoms with Crippen LogP contribution in [0.2, 0.25) is 0 Å². The molecule has 0 fully saturated rings. The van der Waals surface area contributed by atoms with Crippen molar-refractivity contribution in [3.8, 4) is 17.2 Å². The molecule has 32 heavy (non-hydrogen) atoms. The predicted molar refractivity (Wildman–Crippen MR) is 118 cm³/mol. The molecule has 3 rings (SSSR count). The molecule has 0 radical (unpaired) electrons. The second-order valence-electron chi connectivity index (χ2n) is 7.99. The van der Waals surface area contributed by atoms with E-state index in [1.54, 1.807) is 36.4 Å². The van der Waals surface area contributed by atoms with Crippen LogP contribution in [0.15, 0.2) is 36.4 Å². The first-order chi connectivity index (χ1) is 15.2. The predicted octanol–water partition coefficient (Wildman–Crippen LogP) is 3.86. The largest absolute Gasteiger partial charge is 0.496 e. The number of fused-ring (bicyclic) bond motifs is 1. The lowest BCUT2D eigenvalue weighted by Gasteiger charge is -2.21. The smallest absolute Gasteiger partial charge is 0.311 e. The SMILES string of the molecule is COC(=O)C(C)(C)CCCOc1ccc(N2C(=O)c3c(OC)ccc(OC)c3C2=O)cc1. The van der Waals surface area contributed by atoms with Crippen molar-refractivity contribution in [3.63, 3.8) is 0 Å². The quantitative estimate of drug-likeness (QED) is 0.331. The van der Waals surface area contributed by atoms with Gasteiger partial charge in [-0.05, 0) is 63.1 Å². The molecule has 0 unspecified atom stereocenters. The maximum absolute atomic E-state index is 13.0. The minimum Gasteiger partial charge on any atom is -0.496 e. The van der Waals surface area contributed by atoms with E-state index in [2.05, 4.69) is 0 Å². The van der Waals surface area contributed by atoms with Crippen LogP contribution in [0.5, 0.6) is 17.2 Å². The molecule has 0 aromatic heterocycles. The van der Waals surface area contributed by atoms with Gasteiger partial charge in [0.2, 0.25) is 0 Å². The Labute approximate surface area is 187 Å². The molecule has 2 amide bonds. The van der Waals surface area contributed by atoms with Gasteiger partial charge in [-0.3, -0.25) is 14.4 Å². The molecule has 0 saturated carbocycles. The van der Waals surface area contributed by atoms with Crippen molar-refractivity contribution >= 4 is 23.5 Å². The Bertz CT molecular complexity index is 984. The summed E-state index contributed by atoms with van der Waals surface area (Å²) in [6.07, 6.45) is 1.29. The van der Waals surface area contributed by atoms with Crippen LogP contribution in [-0.2, 0) is 9.53 Å². The highest BCUT2D eigenvalue weighted by Gasteiger charge is 2.41. The molecule has 0 saturated heterocycles. The zero-order valence-corrected chi connectivity index (χ0v) is 18.9. The van der Waals surface area contributed by atoms with Crippen LogP contribution in [0.1, 0.15) is 47.4 Å². The first-order valence-electron chi connectivity index (χ1n) is 10.2. The summed E-state index contributed by atoms with van der Waals surface area (Å²) in [6.45, 7) is 4.08. The van der Waals surface area contributed by atoms with Gasteiger partial charge < -0.3 is 18.9 Å². The molecule has 2 aromatic rings. The minimum absolute atomic E-state index is 0.186.